The number of nitrogens with zero attached hydrogens (tertiary/aromatic N) is 1. The van der Waals surface area contributed by atoms with Crippen LogP contribution >= 0.6 is 11.3 Å². The van der Waals surface area contributed by atoms with Gasteiger partial charge in [0.05, 0.1) is 4.88 Å². The second kappa shape index (κ2) is 6.32. The second-order valence-electron chi connectivity index (χ2n) is 5.56. The summed E-state index contributed by atoms with van der Waals surface area (Å²) in [5.41, 5.74) is 1.30. The first kappa shape index (κ1) is 14.8. The van der Waals surface area contributed by atoms with Gasteiger partial charge in [-0.15, -0.1) is 11.3 Å². The lowest BCUT2D eigenvalue weighted by Gasteiger charge is -2.15. The zero-order valence-electron chi connectivity index (χ0n) is 12.1. The van der Waals surface area contributed by atoms with E-state index in [4.69, 9.17) is 5.11 Å². The van der Waals surface area contributed by atoms with Gasteiger partial charge in [-0.05, 0) is 36.5 Å². The van der Waals surface area contributed by atoms with Gasteiger partial charge in [0, 0.05) is 13.1 Å². The molecule has 1 atom stereocenters. The van der Waals surface area contributed by atoms with E-state index in [0.29, 0.717) is 10.8 Å². The number of hydrogen-bond acceptors (Lipinski definition) is 3. The number of likely N-dealkylation sites (tertiary alicyclic amines) is 1. The van der Waals surface area contributed by atoms with Gasteiger partial charge in [0.2, 0.25) is 0 Å². The topological polar surface area (TPSA) is 57.6 Å². The Bertz CT molecular complexity index is 680. The molecule has 2 heterocycles. The Kier molecular flexibility index (Phi) is 4.24. The van der Waals surface area contributed by atoms with Crippen molar-refractivity contribution in [3.63, 3.8) is 0 Å². The Hall–Kier alpha value is -2.14. The predicted molar refractivity (Wildman–Crippen MR) is 85.4 cm³/mol. The lowest BCUT2D eigenvalue weighted by atomic mass is 9.99. The minimum absolute atomic E-state index is 0.0481. The summed E-state index contributed by atoms with van der Waals surface area (Å²) in [6.07, 6.45) is 1.98. The summed E-state index contributed by atoms with van der Waals surface area (Å²) in [6.45, 7) is 1.49. The quantitative estimate of drug-likeness (QED) is 0.943. The number of amides is 1. The molecule has 1 aliphatic rings. The van der Waals surface area contributed by atoms with Crippen molar-refractivity contribution in [1.82, 2.24) is 4.90 Å². The maximum atomic E-state index is 12.4. The SMILES string of the molecule is O=C(O)c1ccc(C(=O)N2CC[C@@H](Cc3ccccc3)C2)s1. The molecule has 114 valence electrons. The molecule has 0 unspecified atom stereocenters. The molecule has 1 aromatic carbocycles. The minimum atomic E-state index is -0.979. The first-order valence-corrected chi connectivity index (χ1v) is 8.11. The molecule has 0 spiro atoms. The maximum absolute atomic E-state index is 12.4. The molecule has 1 N–H and O–H groups in total. The molecule has 1 saturated heterocycles. The van der Waals surface area contributed by atoms with Gasteiger partial charge in [-0.25, -0.2) is 4.79 Å². The molecule has 4 nitrogen and oxygen atoms in total. The lowest BCUT2D eigenvalue weighted by Crippen LogP contribution is -2.28. The Morgan fingerprint density at radius 2 is 1.86 bits per heavy atom. The van der Waals surface area contributed by atoms with E-state index < -0.39 is 5.97 Å². The number of aromatic carboxylic acids is 1. The van der Waals surface area contributed by atoms with Gasteiger partial charge in [-0.2, -0.15) is 0 Å². The fourth-order valence-corrected chi connectivity index (χ4v) is 3.67. The highest BCUT2D eigenvalue weighted by Gasteiger charge is 2.28. The smallest absolute Gasteiger partial charge is 0.345 e. The van der Waals surface area contributed by atoms with E-state index in [1.165, 1.54) is 11.6 Å². The number of hydrogen-bond donors (Lipinski definition) is 1. The summed E-state index contributed by atoms with van der Waals surface area (Å²) in [6, 6.07) is 13.4. The summed E-state index contributed by atoms with van der Waals surface area (Å²) in [5, 5.41) is 8.94. The van der Waals surface area contributed by atoms with Gasteiger partial charge in [0.1, 0.15) is 4.88 Å². The van der Waals surface area contributed by atoms with Crippen LogP contribution in [0.15, 0.2) is 42.5 Å². The second-order valence-corrected chi connectivity index (χ2v) is 6.65. The number of carbonyl (C=O) groups excluding carboxylic acids is 1. The molecule has 0 aliphatic carbocycles. The fraction of sp³-hybridized carbons (Fsp3) is 0.294. The normalized spacial score (nSPS) is 17.6. The largest absolute Gasteiger partial charge is 0.477 e. The highest BCUT2D eigenvalue weighted by Crippen LogP contribution is 2.25. The minimum Gasteiger partial charge on any atom is -0.477 e. The van der Waals surface area contributed by atoms with Gasteiger partial charge in [0.15, 0.2) is 0 Å². The molecule has 0 bridgehead atoms. The van der Waals surface area contributed by atoms with Crippen LogP contribution in [0, 0.1) is 5.92 Å². The first-order valence-electron chi connectivity index (χ1n) is 7.30. The predicted octanol–water partition coefficient (Wildman–Crippen LogP) is 3.15. The molecule has 5 heteroatoms. The van der Waals surface area contributed by atoms with Crippen LogP contribution in [0.25, 0.3) is 0 Å². The van der Waals surface area contributed by atoms with Crippen molar-refractivity contribution in [2.45, 2.75) is 12.8 Å². The molecule has 0 saturated carbocycles. The Labute approximate surface area is 133 Å². The fourth-order valence-electron chi connectivity index (χ4n) is 2.85. The van der Waals surface area contributed by atoms with Crippen LogP contribution in [-0.2, 0) is 6.42 Å². The molecular weight excluding hydrogens is 298 g/mol. The lowest BCUT2D eigenvalue weighted by molar-refractivity contribution is 0.0701. The molecule has 1 aliphatic heterocycles. The summed E-state index contributed by atoms with van der Waals surface area (Å²) < 4.78 is 0. The third-order valence-electron chi connectivity index (χ3n) is 3.97. The van der Waals surface area contributed by atoms with Crippen LogP contribution in [0.5, 0.6) is 0 Å². The average molecular weight is 315 g/mol. The van der Waals surface area contributed by atoms with Gasteiger partial charge in [-0.1, -0.05) is 30.3 Å². The van der Waals surface area contributed by atoms with E-state index in [1.54, 1.807) is 6.07 Å². The summed E-state index contributed by atoms with van der Waals surface area (Å²) in [4.78, 5) is 25.9. The molecule has 2 aromatic rings. The van der Waals surface area contributed by atoms with Crippen molar-refractivity contribution < 1.29 is 14.7 Å². The summed E-state index contributed by atoms with van der Waals surface area (Å²) in [7, 11) is 0. The molecule has 1 aromatic heterocycles. The molecule has 0 radical (unpaired) electrons. The van der Waals surface area contributed by atoms with Crippen LogP contribution in [0.3, 0.4) is 0 Å². The van der Waals surface area contributed by atoms with Crippen LogP contribution < -0.4 is 0 Å². The highest BCUT2D eigenvalue weighted by atomic mass is 32.1. The Balaban J connectivity index is 1.62. The maximum Gasteiger partial charge on any atom is 0.345 e. The third-order valence-corrected chi connectivity index (χ3v) is 5.03. The summed E-state index contributed by atoms with van der Waals surface area (Å²) >= 11 is 1.05. The van der Waals surface area contributed by atoms with Crippen molar-refractivity contribution in [3.05, 3.63) is 57.8 Å². The van der Waals surface area contributed by atoms with Crippen LogP contribution in [0.1, 0.15) is 31.3 Å². The number of carboxylic acid groups (broad SMARTS) is 1. The van der Waals surface area contributed by atoms with E-state index in [9.17, 15) is 9.59 Å². The molecule has 1 amide bonds. The molecule has 3 rings (SSSR count). The van der Waals surface area contributed by atoms with Gasteiger partial charge < -0.3 is 10.0 Å². The van der Waals surface area contributed by atoms with Crippen molar-refractivity contribution in [2.75, 3.05) is 13.1 Å². The standard InChI is InChI=1S/C17H17NO3S/c19-16(14-6-7-15(22-14)17(20)21)18-9-8-13(11-18)10-12-4-2-1-3-5-12/h1-7,13H,8-11H2,(H,20,21)/t13-/m0/s1. The van der Waals surface area contributed by atoms with Crippen molar-refractivity contribution in [3.8, 4) is 0 Å². The molecular formula is C17H17NO3S. The Morgan fingerprint density at radius 1 is 1.14 bits per heavy atom. The van der Waals surface area contributed by atoms with Crippen LogP contribution in [0.2, 0.25) is 0 Å². The van der Waals surface area contributed by atoms with Crippen LogP contribution in [0.4, 0.5) is 0 Å². The average Bonchev–Trinajstić information content (AvgIpc) is 3.17. The van der Waals surface area contributed by atoms with E-state index in [1.807, 2.05) is 23.1 Å². The number of rotatable bonds is 4. The van der Waals surface area contributed by atoms with Gasteiger partial charge in [-0.3, -0.25) is 4.79 Å². The Morgan fingerprint density at radius 3 is 2.55 bits per heavy atom. The number of benzene rings is 1. The summed E-state index contributed by atoms with van der Waals surface area (Å²) in [5.74, 6) is -0.550. The number of carbonyl (C=O) groups is 2. The van der Waals surface area contributed by atoms with E-state index >= 15 is 0 Å². The molecule has 1 fully saturated rings. The van der Waals surface area contributed by atoms with Crippen LogP contribution in [-0.4, -0.2) is 35.0 Å². The number of thiophene rings is 1. The zero-order chi connectivity index (χ0) is 15.5. The number of carboxylic acids is 1. The first-order chi connectivity index (χ1) is 10.6. The van der Waals surface area contributed by atoms with E-state index in [-0.39, 0.29) is 10.8 Å². The van der Waals surface area contributed by atoms with E-state index in [0.717, 1.165) is 37.3 Å². The van der Waals surface area contributed by atoms with Gasteiger partial charge >= 0.3 is 5.97 Å². The van der Waals surface area contributed by atoms with Crippen molar-refractivity contribution in [2.24, 2.45) is 5.92 Å². The molecule has 22 heavy (non-hydrogen) atoms. The zero-order valence-corrected chi connectivity index (χ0v) is 12.9. The van der Waals surface area contributed by atoms with Gasteiger partial charge in [0.25, 0.3) is 5.91 Å². The van der Waals surface area contributed by atoms with E-state index in [2.05, 4.69) is 12.1 Å². The van der Waals surface area contributed by atoms with Crippen molar-refractivity contribution in [1.29, 1.82) is 0 Å². The van der Waals surface area contributed by atoms with Crippen molar-refractivity contribution >= 4 is 23.2 Å². The third kappa shape index (κ3) is 3.20. The highest BCUT2D eigenvalue weighted by molar-refractivity contribution is 7.15. The monoisotopic (exact) mass is 315 g/mol.